The van der Waals surface area contributed by atoms with Crippen molar-refractivity contribution >= 4 is 16.5 Å². The molecule has 1 N–H and O–H groups in total. The fraction of sp³-hybridized carbons (Fsp3) is 0.700. The molecule has 0 spiro atoms. The highest BCUT2D eigenvalue weighted by molar-refractivity contribution is 7.15. The highest BCUT2D eigenvalue weighted by atomic mass is 32.1. The van der Waals surface area contributed by atoms with Crippen LogP contribution >= 0.6 is 11.3 Å². The SMILES string of the molecule is Cc1nc(NC(C)CN(C)C)sc1C. The number of thiazole rings is 1. The Hall–Kier alpha value is -0.610. The third-order valence-electron chi connectivity index (χ3n) is 2.04. The third kappa shape index (κ3) is 3.27. The highest BCUT2D eigenvalue weighted by Crippen LogP contribution is 2.21. The van der Waals surface area contributed by atoms with Crippen LogP contribution in [0.25, 0.3) is 0 Å². The number of aromatic nitrogens is 1. The molecule has 3 nitrogen and oxygen atoms in total. The molecule has 80 valence electrons. The zero-order valence-corrected chi connectivity index (χ0v) is 10.4. The van der Waals surface area contributed by atoms with Crippen LogP contribution in [-0.2, 0) is 0 Å². The van der Waals surface area contributed by atoms with Crippen molar-refractivity contribution in [3.05, 3.63) is 10.6 Å². The fourth-order valence-corrected chi connectivity index (χ4v) is 2.26. The molecule has 0 amide bonds. The summed E-state index contributed by atoms with van der Waals surface area (Å²) in [7, 11) is 4.16. The second-order valence-electron chi connectivity index (χ2n) is 3.97. The van der Waals surface area contributed by atoms with Gasteiger partial charge in [0.1, 0.15) is 0 Å². The van der Waals surface area contributed by atoms with E-state index in [0.717, 1.165) is 17.4 Å². The number of aryl methyl sites for hydroxylation is 2. The summed E-state index contributed by atoms with van der Waals surface area (Å²) in [5.41, 5.74) is 1.13. The van der Waals surface area contributed by atoms with Crippen molar-refractivity contribution in [2.75, 3.05) is 26.0 Å². The highest BCUT2D eigenvalue weighted by Gasteiger charge is 2.07. The van der Waals surface area contributed by atoms with Crippen LogP contribution in [-0.4, -0.2) is 36.6 Å². The number of nitrogens with zero attached hydrogens (tertiary/aromatic N) is 2. The number of nitrogens with one attached hydrogen (secondary N) is 1. The van der Waals surface area contributed by atoms with Gasteiger partial charge in [-0.2, -0.15) is 0 Å². The lowest BCUT2D eigenvalue weighted by atomic mass is 10.3. The first-order valence-electron chi connectivity index (χ1n) is 4.84. The van der Waals surface area contributed by atoms with Gasteiger partial charge < -0.3 is 10.2 Å². The van der Waals surface area contributed by atoms with Gasteiger partial charge in [0.25, 0.3) is 0 Å². The number of hydrogen-bond acceptors (Lipinski definition) is 4. The molecule has 0 aromatic carbocycles. The van der Waals surface area contributed by atoms with E-state index in [4.69, 9.17) is 0 Å². The smallest absolute Gasteiger partial charge is 0.183 e. The van der Waals surface area contributed by atoms with Crippen LogP contribution in [0.2, 0.25) is 0 Å². The summed E-state index contributed by atoms with van der Waals surface area (Å²) in [6, 6.07) is 0.440. The average molecular weight is 213 g/mol. The van der Waals surface area contributed by atoms with Gasteiger partial charge in [-0.1, -0.05) is 0 Å². The molecule has 1 heterocycles. The molecule has 1 unspecified atom stereocenters. The molecule has 4 heteroatoms. The van der Waals surface area contributed by atoms with Gasteiger partial charge in [-0.15, -0.1) is 11.3 Å². The predicted octanol–water partition coefficient (Wildman–Crippen LogP) is 2.12. The Morgan fingerprint density at radius 3 is 2.50 bits per heavy atom. The third-order valence-corrected chi connectivity index (χ3v) is 3.04. The van der Waals surface area contributed by atoms with Gasteiger partial charge in [-0.3, -0.25) is 0 Å². The van der Waals surface area contributed by atoms with Crippen molar-refractivity contribution in [2.45, 2.75) is 26.8 Å². The Kier molecular flexibility index (Phi) is 3.89. The Labute approximate surface area is 90.2 Å². The zero-order valence-electron chi connectivity index (χ0n) is 9.59. The lowest BCUT2D eigenvalue weighted by Crippen LogP contribution is -2.29. The Morgan fingerprint density at radius 2 is 2.07 bits per heavy atom. The van der Waals surface area contributed by atoms with E-state index in [0.29, 0.717) is 6.04 Å². The quantitative estimate of drug-likeness (QED) is 0.830. The van der Waals surface area contributed by atoms with E-state index in [-0.39, 0.29) is 0 Å². The van der Waals surface area contributed by atoms with Gasteiger partial charge in [0.2, 0.25) is 0 Å². The van der Waals surface area contributed by atoms with Gasteiger partial charge in [-0.05, 0) is 34.9 Å². The molecule has 0 fully saturated rings. The van der Waals surface area contributed by atoms with Crippen molar-refractivity contribution in [1.29, 1.82) is 0 Å². The molecule has 0 aliphatic rings. The second-order valence-corrected chi connectivity index (χ2v) is 5.17. The van der Waals surface area contributed by atoms with E-state index in [1.807, 2.05) is 6.92 Å². The first-order chi connectivity index (χ1) is 6.49. The summed E-state index contributed by atoms with van der Waals surface area (Å²) in [5.74, 6) is 0. The molecule has 1 aromatic rings. The summed E-state index contributed by atoms with van der Waals surface area (Å²) in [6.07, 6.45) is 0. The number of likely N-dealkylation sites (N-methyl/N-ethyl adjacent to an activating group) is 1. The molecule has 0 aliphatic heterocycles. The largest absolute Gasteiger partial charge is 0.358 e. The van der Waals surface area contributed by atoms with Crippen LogP contribution in [0.4, 0.5) is 5.13 Å². The van der Waals surface area contributed by atoms with Crippen LogP contribution in [0.1, 0.15) is 17.5 Å². The van der Waals surface area contributed by atoms with Crippen LogP contribution in [0.15, 0.2) is 0 Å². The Bertz CT molecular complexity index is 274. The normalized spacial score (nSPS) is 13.3. The first-order valence-corrected chi connectivity index (χ1v) is 5.66. The van der Waals surface area contributed by atoms with Gasteiger partial charge in [-0.25, -0.2) is 4.98 Å². The summed E-state index contributed by atoms with van der Waals surface area (Å²) in [5, 5.41) is 4.44. The van der Waals surface area contributed by atoms with Gasteiger partial charge in [0.05, 0.1) is 5.69 Å². The average Bonchev–Trinajstić information content (AvgIpc) is 2.28. The van der Waals surface area contributed by atoms with Crippen LogP contribution in [0.5, 0.6) is 0 Å². The maximum Gasteiger partial charge on any atom is 0.183 e. The monoisotopic (exact) mass is 213 g/mol. The molecule has 0 saturated carbocycles. The molecule has 1 aromatic heterocycles. The van der Waals surface area contributed by atoms with Crippen LogP contribution < -0.4 is 5.32 Å². The minimum atomic E-state index is 0.440. The fourth-order valence-electron chi connectivity index (χ4n) is 1.34. The van der Waals surface area contributed by atoms with Gasteiger partial charge >= 0.3 is 0 Å². The lowest BCUT2D eigenvalue weighted by molar-refractivity contribution is 0.392. The first kappa shape index (κ1) is 11.5. The van der Waals surface area contributed by atoms with Crippen LogP contribution in [0, 0.1) is 13.8 Å². The Balaban J connectivity index is 2.51. The van der Waals surface area contributed by atoms with Gasteiger partial charge in [0, 0.05) is 17.5 Å². The maximum absolute atomic E-state index is 4.45. The molecule has 1 rings (SSSR count). The minimum absolute atomic E-state index is 0.440. The summed E-state index contributed by atoms with van der Waals surface area (Å²) < 4.78 is 0. The minimum Gasteiger partial charge on any atom is -0.358 e. The predicted molar refractivity (Wildman–Crippen MR) is 63.2 cm³/mol. The number of hydrogen-bond donors (Lipinski definition) is 1. The lowest BCUT2D eigenvalue weighted by Gasteiger charge is -2.17. The molecule has 0 radical (unpaired) electrons. The molecule has 0 aliphatic carbocycles. The summed E-state index contributed by atoms with van der Waals surface area (Å²) in [6.45, 7) is 7.35. The molecule has 0 bridgehead atoms. The van der Waals surface area contributed by atoms with Gasteiger partial charge in [0.15, 0.2) is 5.13 Å². The van der Waals surface area contributed by atoms with Crippen molar-refractivity contribution < 1.29 is 0 Å². The molecular formula is C10H19N3S. The molecule has 0 saturated heterocycles. The standard InChI is InChI=1S/C10H19N3S/c1-7(6-13(4)5)11-10-12-8(2)9(3)14-10/h7H,6H2,1-5H3,(H,11,12). The van der Waals surface area contributed by atoms with Crippen molar-refractivity contribution in [3.63, 3.8) is 0 Å². The number of anilines is 1. The van der Waals surface area contributed by atoms with E-state index < -0.39 is 0 Å². The van der Waals surface area contributed by atoms with Crippen molar-refractivity contribution in [1.82, 2.24) is 9.88 Å². The molecule has 14 heavy (non-hydrogen) atoms. The Morgan fingerprint density at radius 1 is 1.43 bits per heavy atom. The summed E-state index contributed by atoms with van der Waals surface area (Å²) >= 11 is 1.73. The van der Waals surface area contributed by atoms with Crippen LogP contribution in [0.3, 0.4) is 0 Å². The van der Waals surface area contributed by atoms with E-state index in [9.17, 15) is 0 Å². The van der Waals surface area contributed by atoms with Crippen molar-refractivity contribution in [2.24, 2.45) is 0 Å². The van der Waals surface area contributed by atoms with Crippen molar-refractivity contribution in [3.8, 4) is 0 Å². The second kappa shape index (κ2) is 4.75. The zero-order chi connectivity index (χ0) is 10.7. The summed E-state index contributed by atoms with van der Waals surface area (Å²) in [4.78, 5) is 7.91. The molecule has 1 atom stereocenters. The maximum atomic E-state index is 4.45. The number of rotatable bonds is 4. The van der Waals surface area contributed by atoms with E-state index >= 15 is 0 Å². The molecular weight excluding hydrogens is 194 g/mol. The van der Waals surface area contributed by atoms with E-state index in [1.54, 1.807) is 11.3 Å². The van der Waals surface area contributed by atoms with E-state index in [2.05, 4.69) is 43.1 Å². The van der Waals surface area contributed by atoms with E-state index in [1.165, 1.54) is 4.88 Å². The topological polar surface area (TPSA) is 28.2 Å².